The van der Waals surface area contributed by atoms with E-state index in [1.807, 2.05) is 0 Å². The van der Waals surface area contributed by atoms with Crippen LogP contribution < -0.4 is 10.6 Å². The Morgan fingerprint density at radius 1 is 1.33 bits per heavy atom. The normalized spacial score (nSPS) is 18.6. The highest BCUT2D eigenvalue weighted by Crippen LogP contribution is 2.20. The number of rotatable bonds is 10. The molecule has 0 saturated carbocycles. The molecular formula is C16H33N3O2. The van der Waals surface area contributed by atoms with Crippen LogP contribution in [0, 0.1) is 5.92 Å². The van der Waals surface area contributed by atoms with Gasteiger partial charge in [-0.05, 0) is 58.2 Å². The lowest BCUT2D eigenvalue weighted by molar-refractivity contribution is -0.122. The maximum atomic E-state index is 11.8. The number of amides is 1. The molecule has 1 aliphatic heterocycles. The van der Waals surface area contributed by atoms with Crippen LogP contribution in [0.3, 0.4) is 0 Å². The number of hydrogen-bond acceptors (Lipinski definition) is 4. The fourth-order valence-electron chi connectivity index (χ4n) is 2.85. The molecule has 0 aromatic heterocycles. The van der Waals surface area contributed by atoms with Crippen LogP contribution in [0.2, 0.25) is 0 Å². The van der Waals surface area contributed by atoms with Crippen molar-refractivity contribution in [3.05, 3.63) is 0 Å². The van der Waals surface area contributed by atoms with Crippen molar-refractivity contribution < 1.29 is 9.53 Å². The molecule has 0 radical (unpaired) electrons. The Morgan fingerprint density at radius 3 is 2.67 bits per heavy atom. The summed E-state index contributed by atoms with van der Waals surface area (Å²) in [7, 11) is 1.68. The molecule has 1 atom stereocenters. The van der Waals surface area contributed by atoms with Crippen LogP contribution >= 0.6 is 0 Å². The van der Waals surface area contributed by atoms with E-state index >= 15 is 0 Å². The van der Waals surface area contributed by atoms with Crippen molar-refractivity contribution in [1.29, 1.82) is 0 Å². The zero-order valence-corrected chi connectivity index (χ0v) is 14.0. The molecule has 0 aromatic carbocycles. The van der Waals surface area contributed by atoms with Gasteiger partial charge in [0.05, 0.1) is 6.54 Å². The third kappa shape index (κ3) is 7.79. The molecule has 1 fully saturated rings. The molecule has 1 amide bonds. The second kappa shape index (κ2) is 11.0. The van der Waals surface area contributed by atoms with Crippen LogP contribution in [0.5, 0.6) is 0 Å². The summed E-state index contributed by atoms with van der Waals surface area (Å²) < 4.78 is 4.97. The summed E-state index contributed by atoms with van der Waals surface area (Å²) in [6, 6.07) is 0.593. The maximum Gasteiger partial charge on any atom is 0.234 e. The van der Waals surface area contributed by atoms with Crippen molar-refractivity contribution in [2.45, 2.75) is 45.6 Å². The molecule has 0 aromatic rings. The Balaban J connectivity index is 2.13. The Labute approximate surface area is 129 Å². The molecule has 1 aliphatic rings. The zero-order chi connectivity index (χ0) is 15.5. The lowest BCUT2D eigenvalue weighted by Crippen LogP contribution is -2.45. The van der Waals surface area contributed by atoms with Gasteiger partial charge in [0.25, 0.3) is 0 Å². The molecule has 0 aliphatic carbocycles. The number of likely N-dealkylation sites (tertiary alicyclic amines) is 1. The van der Waals surface area contributed by atoms with Gasteiger partial charge in [0.15, 0.2) is 0 Å². The van der Waals surface area contributed by atoms with Crippen LogP contribution in [0.25, 0.3) is 0 Å². The van der Waals surface area contributed by atoms with Gasteiger partial charge in [0.1, 0.15) is 0 Å². The molecule has 1 saturated heterocycles. The van der Waals surface area contributed by atoms with Crippen molar-refractivity contribution in [2.75, 3.05) is 46.4 Å². The number of piperidine rings is 1. The second-order valence-electron chi connectivity index (χ2n) is 6.05. The first-order valence-electron chi connectivity index (χ1n) is 8.38. The summed E-state index contributed by atoms with van der Waals surface area (Å²) in [5.74, 6) is 0.888. The fraction of sp³-hybridized carbons (Fsp3) is 0.938. The van der Waals surface area contributed by atoms with Gasteiger partial charge in [-0.15, -0.1) is 0 Å². The smallest absolute Gasteiger partial charge is 0.234 e. The monoisotopic (exact) mass is 299 g/mol. The first-order chi connectivity index (χ1) is 10.2. The van der Waals surface area contributed by atoms with E-state index in [0.717, 1.165) is 32.0 Å². The number of methoxy groups -OCH3 is 1. The van der Waals surface area contributed by atoms with Gasteiger partial charge in [-0.25, -0.2) is 0 Å². The number of hydrogen-bond donors (Lipinski definition) is 2. The molecule has 5 heteroatoms. The molecule has 0 bridgehead atoms. The van der Waals surface area contributed by atoms with E-state index in [-0.39, 0.29) is 5.91 Å². The lowest BCUT2D eigenvalue weighted by atomic mass is 9.90. The molecule has 21 heavy (non-hydrogen) atoms. The predicted molar refractivity (Wildman–Crippen MR) is 86.4 cm³/mol. The largest absolute Gasteiger partial charge is 0.385 e. The van der Waals surface area contributed by atoms with Gasteiger partial charge in [-0.1, -0.05) is 6.92 Å². The Hall–Kier alpha value is -0.650. The number of nitrogens with one attached hydrogen (secondary N) is 2. The summed E-state index contributed by atoms with van der Waals surface area (Å²) in [6.45, 7) is 9.62. The van der Waals surface area contributed by atoms with E-state index < -0.39 is 0 Å². The van der Waals surface area contributed by atoms with Crippen molar-refractivity contribution in [1.82, 2.24) is 15.5 Å². The first-order valence-corrected chi connectivity index (χ1v) is 8.38. The number of carbonyl (C=O) groups is 1. The van der Waals surface area contributed by atoms with Crippen molar-refractivity contribution in [2.24, 2.45) is 5.92 Å². The standard InChI is InChI=1S/C16H33N3O2/c1-4-8-17-14(2)15-6-10-19(11-7-15)13-16(20)18-9-5-12-21-3/h14-15,17H,4-13H2,1-3H3,(H,18,20). The van der Waals surface area contributed by atoms with E-state index in [2.05, 4.69) is 29.4 Å². The highest BCUT2D eigenvalue weighted by atomic mass is 16.5. The van der Waals surface area contributed by atoms with Gasteiger partial charge in [0, 0.05) is 26.3 Å². The Kier molecular flexibility index (Phi) is 9.63. The minimum atomic E-state index is 0.140. The van der Waals surface area contributed by atoms with Crippen LogP contribution in [0.4, 0.5) is 0 Å². The molecule has 5 nitrogen and oxygen atoms in total. The third-order valence-corrected chi connectivity index (χ3v) is 4.27. The summed E-state index contributed by atoms with van der Waals surface area (Å²) in [5.41, 5.74) is 0. The number of nitrogens with zero attached hydrogens (tertiary/aromatic N) is 1. The van der Waals surface area contributed by atoms with Gasteiger partial charge < -0.3 is 15.4 Å². The highest BCUT2D eigenvalue weighted by Gasteiger charge is 2.24. The van der Waals surface area contributed by atoms with E-state index in [4.69, 9.17) is 4.74 Å². The molecule has 0 spiro atoms. The summed E-state index contributed by atoms with van der Waals surface area (Å²) in [6.07, 6.45) is 4.45. The van der Waals surface area contributed by atoms with E-state index in [1.165, 1.54) is 19.3 Å². The van der Waals surface area contributed by atoms with Crippen molar-refractivity contribution in [3.8, 4) is 0 Å². The van der Waals surface area contributed by atoms with Crippen molar-refractivity contribution >= 4 is 5.91 Å². The molecule has 1 unspecified atom stereocenters. The predicted octanol–water partition coefficient (Wildman–Crippen LogP) is 1.24. The topological polar surface area (TPSA) is 53.6 Å². The van der Waals surface area contributed by atoms with Crippen LogP contribution in [0.1, 0.15) is 39.5 Å². The molecule has 124 valence electrons. The van der Waals surface area contributed by atoms with Crippen LogP contribution in [-0.4, -0.2) is 63.3 Å². The van der Waals surface area contributed by atoms with Crippen molar-refractivity contribution in [3.63, 3.8) is 0 Å². The minimum Gasteiger partial charge on any atom is -0.385 e. The first kappa shape index (κ1) is 18.4. The van der Waals surface area contributed by atoms with E-state index in [0.29, 0.717) is 25.7 Å². The summed E-state index contributed by atoms with van der Waals surface area (Å²) >= 11 is 0. The Morgan fingerprint density at radius 2 is 2.05 bits per heavy atom. The quantitative estimate of drug-likeness (QED) is 0.596. The SMILES string of the molecule is CCCNC(C)C1CCN(CC(=O)NCCCOC)CC1. The maximum absolute atomic E-state index is 11.8. The highest BCUT2D eigenvalue weighted by molar-refractivity contribution is 5.77. The molecule has 2 N–H and O–H groups in total. The average molecular weight is 299 g/mol. The van der Waals surface area contributed by atoms with E-state index in [9.17, 15) is 4.79 Å². The van der Waals surface area contributed by atoms with Crippen LogP contribution in [0.15, 0.2) is 0 Å². The molecular weight excluding hydrogens is 266 g/mol. The second-order valence-corrected chi connectivity index (χ2v) is 6.05. The van der Waals surface area contributed by atoms with Gasteiger partial charge in [-0.3, -0.25) is 9.69 Å². The van der Waals surface area contributed by atoms with E-state index in [1.54, 1.807) is 7.11 Å². The van der Waals surface area contributed by atoms with Gasteiger partial charge in [0.2, 0.25) is 5.91 Å². The van der Waals surface area contributed by atoms with Gasteiger partial charge >= 0.3 is 0 Å². The molecule has 1 heterocycles. The third-order valence-electron chi connectivity index (χ3n) is 4.27. The average Bonchev–Trinajstić information content (AvgIpc) is 2.50. The number of ether oxygens (including phenoxy) is 1. The zero-order valence-electron chi connectivity index (χ0n) is 14.0. The van der Waals surface area contributed by atoms with Crippen LogP contribution in [-0.2, 0) is 9.53 Å². The Bertz CT molecular complexity index is 279. The minimum absolute atomic E-state index is 0.140. The lowest BCUT2D eigenvalue weighted by Gasteiger charge is -2.34. The summed E-state index contributed by atoms with van der Waals surface area (Å²) in [5, 5.41) is 6.54. The van der Waals surface area contributed by atoms with Gasteiger partial charge in [-0.2, -0.15) is 0 Å². The number of carbonyl (C=O) groups excluding carboxylic acids is 1. The fourth-order valence-corrected chi connectivity index (χ4v) is 2.85. The summed E-state index contributed by atoms with van der Waals surface area (Å²) in [4.78, 5) is 14.1. The molecule has 1 rings (SSSR count).